The van der Waals surface area contributed by atoms with Gasteiger partial charge in [-0.1, -0.05) is 30.3 Å². The summed E-state index contributed by atoms with van der Waals surface area (Å²) in [4.78, 5) is 11.8. The molecule has 0 aliphatic heterocycles. The molecule has 7 heteroatoms. The van der Waals surface area contributed by atoms with Crippen LogP contribution in [0.25, 0.3) is 5.82 Å². The first kappa shape index (κ1) is 15.7. The Bertz CT molecular complexity index is 756. The molecule has 3 aromatic rings. The third-order valence-electron chi connectivity index (χ3n) is 3.35. The molecule has 0 bridgehead atoms. The molecular weight excluding hydrogens is 304 g/mol. The highest BCUT2D eigenvalue weighted by Gasteiger charge is 2.03. The molecule has 2 heterocycles. The van der Waals surface area contributed by atoms with Crippen LogP contribution in [-0.4, -0.2) is 39.0 Å². The summed E-state index contributed by atoms with van der Waals surface area (Å²) in [6.07, 6.45) is 3.88. The van der Waals surface area contributed by atoms with E-state index in [0.29, 0.717) is 31.1 Å². The fourth-order valence-corrected chi connectivity index (χ4v) is 2.18. The Morgan fingerprint density at radius 1 is 1.00 bits per heavy atom. The van der Waals surface area contributed by atoms with E-state index in [2.05, 4.69) is 25.9 Å². The number of carbonyl (C=O) groups is 1. The zero-order valence-corrected chi connectivity index (χ0v) is 13.1. The summed E-state index contributed by atoms with van der Waals surface area (Å²) in [5.74, 6) is 1.31. The van der Waals surface area contributed by atoms with Gasteiger partial charge in [0.2, 0.25) is 5.91 Å². The highest BCUT2D eigenvalue weighted by Crippen LogP contribution is 2.05. The summed E-state index contributed by atoms with van der Waals surface area (Å²) in [6, 6.07) is 15.1. The van der Waals surface area contributed by atoms with Gasteiger partial charge in [0, 0.05) is 25.5 Å². The van der Waals surface area contributed by atoms with Crippen molar-refractivity contribution in [1.82, 2.24) is 25.3 Å². The molecule has 0 unspecified atom stereocenters. The van der Waals surface area contributed by atoms with E-state index < -0.39 is 0 Å². The molecular formula is C17H18N6O. The van der Waals surface area contributed by atoms with Crippen LogP contribution in [0.2, 0.25) is 0 Å². The number of rotatable bonds is 7. The molecule has 0 spiro atoms. The number of aromatic nitrogens is 4. The third kappa shape index (κ3) is 4.39. The Hall–Kier alpha value is -3.22. The fourth-order valence-electron chi connectivity index (χ4n) is 2.18. The van der Waals surface area contributed by atoms with Crippen molar-refractivity contribution in [2.24, 2.45) is 0 Å². The smallest absolute Gasteiger partial charge is 0.224 e. The van der Waals surface area contributed by atoms with Gasteiger partial charge in [0.15, 0.2) is 5.82 Å². The Kier molecular flexibility index (Phi) is 5.14. The maximum atomic E-state index is 11.8. The minimum atomic E-state index is 0.00288. The number of nitrogens with one attached hydrogen (secondary N) is 2. The van der Waals surface area contributed by atoms with Crippen molar-refractivity contribution in [1.29, 1.82) is 0 Å². The summed E-state index contributed by atoms with van der Waals surface area (Å²) in [5.41, 5.74) is 1.00. The predicted molar refractivity (Wildman–Crippen MR) is 90.8 cm³/mol. The van der Waals surface area contributed by atoms with E-state index in [0.717, 1.165) is 5.56 Å². The van der Waals surface area contributed by atoms with Gasteiger partial charge in [-0.2, -0.15) is 5.10 Å². The summed E-state index contributed by atoms with van der Waals surface area (Å²) in [5, 5.41) is 18.3. The van der Waals surface area contributed by atoms with E-state index in [-0.39, 0.29) is 5.91 Å². The monoisotopic (exact) mass is 322 g/mol. The van der Waals surface area contributed by atoms with Gasteiger partial charge in [0.05, 0.1) is 6.42 Å². The largest absolute Gasteiger partial charge is 0.367 e. The average molecular weight is 322 g/mol. The Morgan fingerprint density at radius 2 is 1.88 bits per heavy atom. The zero-order valence-electron chi connectivity index (χ0n) is 13.1. The topological polar surface area (TPSA) is 84.7 Å². The van der Waals surface area contributed by atoms with Gasteiger partial charge >= 0.3 is 0 Å². The highest BCUT2D eigenvalue weighted by atomic mass is 16.1. The molecule has 122 valence electrons. The molecule has 0 aliphatic rings. The number of carbonyl (C=O) groups excluding carboxylic acids is 1. The van der Waals surface area contributed by atoms with Gasteiger partial charge in [-0.15, -0.1) is 10.2 Å². The second-order valence-electron chi connectivity index (χ2n) is 5.17. The van der Waals surface area contributed by atoms with Crippen LogP contribution in [0.15, 0.2) is 60.9 Å². The molecule has 7 nitrogen and oxygen atoms in total. The highest BCUT2D eigenvalue weighted by molar-refractivity contribution is 5.78. The molecule has 24 heavy (non-hydrogen) atoms. The normalized spacial score (nSPS) is 10.3. The van der Waals surface area contributed by atoms with Gasteiger partial charge in [0.1, 0.15) is 5.82 Å². The Morgan fingerprint density at radius 3 is 2.58 bits per heavy atom. The first-order chi connectivity index (χ1) is 11.8. The number of benzene rings is 1. The standard InChI is InChI=1S/C17H18N6O/c24-17(13-14-5-2-1-3-6-14)19-11-10-18-15-7-8-16(22-21-15)23-12-4-9-20-23/h1-9,12H,10-11,13H2,(H,18,21)(H,19,24). The van der Waals surface area contributed by atoms with Crippen LogP contribution in [0.4, 0.5) is 5.82 Å². The van der Waals surface area contributed by atoms with Crippen molar-refractivity contribution in [3.63, 3.8) is 0 Å². The van der Waals surface area contributed by atoms with Gasteiger partial charge in [-0.25, -0.2) is 4.68 Å². The van der Waals surface area contributed by atoms with Crippen molar-refractivity contribution < 1.29 is 4.79 Å². The molecule has 0 saturated carbocycles. The number of anilines is 1. The van der Waals surface area contributed by atoms with E-state index >= 15 is 0 Å². The van der Waals surface area contributed by atoms with Crippen molar-refractivity contribution in [3.05, 3.63) is 66.5 Å². The summed E-state index contributed by atoms with van der Waals surface area (Å²) >= 11 is 0. The number of amides is 1. The minimum Gasteiger partial charge on any atom is -0.367 e. The molecule has 0 aliphatic carbocycles. The maximum Gasteiger partial charge on any atom is 0.224 e. The lowest BCUT2D eigenvalue weighted by atomic mass is 10.1. The Labute approximate surface area is 139 Å². The first-order valence-corrected chi connectivity index (χ1v) is 7.69. The van der Waals surface area contributed by atoms with Crippen LogP contribution in [0, 0.1) is 0 Å². The predicted octanol–water partition coefficient (Wildman–Crippen LogP) is 1.43. The van der Waals surface area contributed by atoms with E-state index in [1.54, 1.807) is 17.1 Å². The lowest BCUT2D eigenvalue weighted by molar-refractivity contribution is -0.120. The van der Waals surface area contributed by atoms with Crippen LogP contribution in [0.3, 0.4) is 0 Å². The summed E-state index contributed by atoms with van der Waals surface area (Å²) in [6.45, 7) is 1.10. The minimum absolute atomic E-state index is 0.00288. The molecule has 2 aromatic heterocycles. The maximum absolute atomic E-state index is 11.8. The average Bonchev–Trinajstić information content (AvgIpc) is 3.15. The lowest BCUT2D eigenvalue weighted by Gasteiger charge is -2.07. The van der Waals surface area contributed by atoms with E-state index in [1.807, 2.05) is 48.5 Å². The zero-order chi connectivity index (χ0) is 16.6. The molecule has 1 aromatic carbocycles. The van der Waals surface area contributed by atoms with Gasteiger partial charge < -0.3 is 10.6 Å². The molecule has 3 rings (SSSR count). The van der Waals surface area contributed by atoms with Crippen molar-refractivity contribution in [2.45, 2.75) is 6.42 Å². The van der Waals surface area contributed by atoms with E-state index in [4.69, 9.17) is 0 Å². The first-order valence-electron chi connectivity index (χ1n) is 7.69. The van der Waals surface area contributed by atoms with Crippen molar-refractivity contribution in [2.75, 3.05) is 18.4 Å². The number of hydrogen-bond acceptors (Lipinski definition) is 5. The van der Waals surface area contributed by atoms with Crippen LogP contribution in [0.5, 0.6) is 0 Å². The Balaban J connectivity index is 1.39. The molecule has 0 fully saturated rings. The molecule has 1 amide bonds. The van der Waals surface area contributed by atoms with Crippen LogP contribution >= 0.6 is 0 Å². The molecule has 0 atom stereocenters. The quantitative estimate of drug-likeness (QED) is 0.643. The summed E-state index contributed by atoms with van der Waals surface area (Å²) < 4.78 is 1.64. The van der Waals surface area contributed by atoms with Gasteiger partial charge in [-0.05, 0) is 23.8 Å². The number of hydrogen-bond donors (Lipinski definition) is 2. The summed E-state index contributed by atoms with van der Waals surface area (Å²) in [7, 11) is 0. The SMILES string of the molecule is O=C(Cc1ccccc1)NCCNc1ccc(-n2cccn2)nn1. The molecule has 2 N–H and O–H groups in total. The molecule has 0 saturated heterocycles. The van der Waals surface area contributed by atoms with E-state index in [9.17, 15) is 4.79 Å². The fraction of sp³-hybridized carbons (Fsp3) is 0.176. The van der Waals surface area contributed by atoms with Gasteiger partial charge in [-0.3, -0.25) is 4.79 Å². The van der Waals surface area contributed by atoms with Crippen LogP contribution in [0.1, 0.15) is 5.56 Å². The number of nitrogens with zero attached hydrogens (tertiary/aromatic N) is 4. The van der Waals surface area contributed by atoms with Crippen molar-refractivity contribution in [3.8, 4) is 5.82 Å². The second kappa shape index (κ2) is 7.87. The van der Waals surface area contributed by atoms with E-state index in [1.165, 1.54) is 0 Å². The molecule has 0 radical (unpaired) electrons. The van der Waals surface area contributed by atoms with Crippen molar-refractivity contribution >= 4 is 11.7 Å². The van der Waals surface area contributed by atoms with Crippen LogP contribution in [-0.2, 0) is 11.2 Å². The third-order valence-corrected chi connectivity index (χ3v) is 3.35. The second-order valence-corrected chi connectivity index (χ2v) is 5.17. The van der Waals surface area contributed by atoms with Crippen LogP contribution < -0.4 is 10.6 Å². The lowest BCUT2D eigenvalue weighted by Crippen LogP contribution is -2.30. The van der Waals surface area contributed by atoms with Gasteiger partial charge in [0.25, 0.3) is 0 Å².